The molecule has 1 aliphatic heterocycles. The summed E-state index contributed by atoms with van der Waals surface area (Å²) in [6.07, 6.45) is 0.164. The highest BCUT2D eigenvalue weighted by molar-refractivity contribution is 5.97. The van der Waals surface area contributed by atoms with Crippen molar-refractivity contribution < 1.29 is 14.3 Å². The highest BCUT2D eigenvalue weighted by atomic mass is 16.5. The molecule has 20 heavy (non-hydrogen) atoms. The number of nitrogens with zero attached hydrogens (tertiary/aromatic N) is 1. The summed E-state index contributed by atoms with van der Waals surface area (Å²) < 4.78 is 5.44. The third-order valence-electron chi connectivity index (χ3n) is 3.25. The summed E-state index contributed by atoms with van der Waals surface area (Å²) in [6.45, 7) is 6.05. The number of carbonyl (C=O) groups is 2. The Hall–Kier alpha value is -1.72. The molecule has 1 N–H and O–H groups in total. The van der Waals surface area contributed by atoms with Crippen molar-refractivity contribution in [2.45, 2.75) is 20.0 Å². The van der Waals surface area contributed by atoms with Gasteiger partial charge in [-0.15, -0.1) is 0 Å². The van der Waals surface area contributed by atoms with E-state index in [-0.39, 0.29) is 17.8 Å². The van der Waals surface area contributed by atoms with E-state index in [9.17, 15) is 9.59 Å². The third kappa shape index (κ3) is 4.15. The van der Waals surface area contributed by atoms with Gasteiger partial charge in [0, 0.05) is 24.3 Å². The lowest BCUT2D eigenvalue weighted by Crippen LogP contribution is -2.44. The molecule has 0 spiro atoms. The molecule has 1 amide bonds. The summed E-state index contributed by atoms with van der Waals surface area (Å²) in [5.74, 6) is -0.0806. The molecule has 1 fully saturated rings. The van der Waals surface area contributed by atoms with Crippen LogP contribution in [0.5, 0.6) is 0 Å². The van der Waals surface area contributed by atoms with E-state index < -0.39 is 0 Å². The van der Waals surface area contributed by atoms with Gasteiger partial charge in [0.2, 0.25) is 5.91 Å². The van der Waals surface area contributed by atoms with Gasteiger partial charge in [0.05, 0.1) is 19.3 Å². The minimum absolute atomic E-state index is 0.0110. The Balaban J connectivity index is 1.91. The van der Waals surface area contributed by atoms with E-state index in [1.165, 1.54) is 6.92 Å². The first kappa shape index (κ1) is 14.7. The summed E-state index contributed by atoms with van der Waals surface area (Å²) in [7, 11) is 0. The Kier molecular flexibility index (Phi) is 4.87. The molecule has 1 aromatic rings. The maximum atomic E-state index is 12.0. The molecule has 5 heteroatoms. The number of nitrogens with one attached hydrogen (secondary N) is 1. The van der Waals surface area contributed by atoms with Crippen LogP contribution in [0.25, 0.3) is 0 Å². The fourth-order valence-corrected chi connectivity index (χ4v) is 2.25. The number of anilines is 1. The van der Waals surface area contributed by atoms with Gasteiger partial charge in [-0.3, -0.25) is 14.5 Å². The number of morpholine rings is 1. The van der Waals surface area contributed by atoms with Crippen molar-refractivity contribution in [3.63, 3.8) is 0 Å². The van der Waals surface area contributed by atoms with Crippen LogP contribution in [0, 0.1) is 0 Å². The SMILES string of the molecule is CC(=O)c1cccc(NC(=O)CN2CCOC(C)C2)c1. The summed E-state index contributed by atoms with van der Waals surface area (Å²) in [4.78, 5) is 25.4. The van der Waals surface area contributed by atoms with Crippen LogP contribution in [0.3, 0.4) is 0 Å². The number of hydrogen-bond donors (Lipinski definition) is 1. The van der Waals surface area contributed by atoms with Gasteiger partial charge >= 0.3 is 0 Å². The van der Waals surface area contributed by atoms with Gasteiger partial charge in [-0.2, -0.15) is 0 Å². The molecule has 1 heterocycles. The molecule has 5 nitrogen and oxygen atoms in total. The average Bonchev–Trinajstić information content (AvgIpc) is 2.38. The second-order valence-electron chi connectivity index (χ2n) is 5.10. The van der Waals surface area contributed by atoms with Crippen LogP contribution in [0.2, 0.25) is 0 Å². The number of amides is 1. The van der Waals surface area contributed by atoms with Crippen molar-refractivity contribution >= 4 is 17.4 Å². The summed E-state index contributed by atoms with van der Waals surface area (Å²) in [5, 5.41) is 2.83. The molecule has 0 aliphatic carbocycles. The molecule has 1 aromatic carbocycles. The molecule has 0 radical (unpaired) electrons. The minimum Gasteiger partial charge on any atom is -0.376 e. The summed E-state index contributed by atoms with van der Waals surface area (Å²) in [5.41, 5.74) is 1.26. The van der Waals surface area contributed by atoms with Gasteiger partial charge in [-0.25, -0.2) is 0 Å². The van der Waals surface area contributed by atoms with Gasteiger partial charge in [0.15, 0.2) is 5.78 Å². The molecule has 1 aliphatic rings. The second-order valence-corrected chi connectivity index (χ2v) is 5.10. The van der Waals surface area contributed by atoms with Gasteiger partial charge < -0.3 is 10.1 Å². The molecule has 108 valence electrons. The molecular weight excluding hydrogens is 256 g/mol. The molecule has 0 saturated carbocycles. The number of benzene rings is 1. The topological polar surface area (TPSA) is 58.6 Å². The van der Waals surface area contributed by atoms with Gasteiger partial charge in [0.1, 0.15) is 0 Å². The van der Waals surface area contributed by atoms with Crippen LogP contribution in [0.15, 0.2) is 24.3 Å². The smallest absolute Gasteiger partial charge is 0.238 e. The van der Waals surface area contributed by atoms with E-state index in [1.54, 1.807) is 24.3 Å². The normalized spacial score (nSPS) is 19.6. The number of ketones is 1. The quantitative estimate of drug-likeness (QED) is 0.848. The van der Waals surface area contributed by atoms with Crippen molar-refractivity contribution in [3.8, 4) is 0 Å². The minimum atomic E-state index is -0.0696. The van der Waals surface area contributed by atoms with Gasteiger partial charge in [0.25, 0.3) is 0 Å². The first-order valence-electron chi connectivity index (χ1n) is 6.79. The Bertz CT molecular complexity index is 502. The Morgan fingerprint density at radius 1 is 1.45 bits per heavy atom. The predicted molar refractivity (Wildman–Crippen MR) is 76.9 cm³/mol. The maximum absolute atomic E-state index is 12.0. The van der Waals surface area contributed by atoms with Gasteiger partial charge in [-0.1, -0.05) is 12.1 Å². The Morgan fingerprint density at radius 2 is 2.25 bits per heavy atom. The lowest BCUT2D eigenvalue weighted by atomic mass is 10.1. The fourth-order valence-electron chi connectivity index (χ4n) is 2.25. The van der Waals surface area contributed by atoms with Crippen LogP contribution in [-0.4, -0.2) is 48.9 Å². The van der Waals surface area contributed by atoms with Crippen LogP contribution in [0.1, 0.15) is 24.2 Å². The van der Waals surface area contributed by atoms with E-state index in [0.29, 0.717) is 24.4 Å². The summed E-state index contributed by atoms with van der Waals surface area (Å²) >= 11 is 0. The molecule has 2 rings (SSSR count). The van der Waals surface area contributed by atoms with Gasteiger partial charge in [-0.05, 0) is 26.0 Å². The van der Waals surface area contributed by atoms with E-state index in [2.05, 4.69) is 10.2 Å². The maximum Gasteiger partial charge on any atom is 0.238 e. The molecule has 1 unspecified atom stereocenters. The van der Waals surface area contributed by atoms with Crippen LogP contribution >= 0.6 is 0 Å². The highest BCUT2D eigenvalue weighted by Gasteiger charge is 2.18. The van der Waals surface area contributed by atoms with Crippen molar-refractivity contribution in [3.05, 3.63) is 29.8 Å². The van der Waals surface area contributed by atoms with Crippen molar-refractivity contribution in [1.82, 2.24) is 4.90 Å². The van der Waals surface area contributed by atoms with Crippen LogP contribution < -0.4 is 5.32 Å². The molecule has 0 aromatic heterocycles. The molecule has 1 saturated heterocycles. The van der Waals surface area contributed by atoms with Crippen LogP contribution in [0.4, 0.5) is 5.69 Å². The van der Waals surface area contributed by atoms with Crippen LogP contribution in [-0.2, 0) is 9.53 Å². The van der Waals surface area contributed by atoms with Crippen molar-refractivity contribution in [2.75, 3.05) is 31.6 Å². The third-order valence-corrected chi connectivity index (χ3v) is 3.25. The van der Waals surface area contributed by atoms with Crippen molar-refractivity contribution in [1.29, 1.82) is 0 Å². The first-order chi connectivity index (χ1) is 9.54. The van der Waals surface area contributed by atoms with E-state index in [4.69, 9.17) is 4.74 Å². The lowest BCUT2D eigenvalue weighted by Gasteiger charge is -2.30. The molecular formula is C15H20N2O3. The number of ether oxygens (including phenoxy) is 1. The monoisotopic (exact) mass is 276 g/mol. The average molecular weight is 276 g/mol. The summed E-state index contributed by atoms with van der Waals surface area (Å²) in [6, 6.07) is 6.99. The lowest BCUT2D eigenvalue weighted by molar-refractivity contribution is -0.119. The zero-order valence-corrected chi connectivity index (χ0v) is 11.9. The second kappa shape index (κ2) is 6.63. The fraction of sp³-hybridized carbons (Fsp3) is 0.467. The Labute approximate surface area is 118 Å². The van der Waals surface area contributed by atoms with E-state index in [1.807, 2.05) is 6.92 Å². The van der Waals surface area contributed by atoms with Crippen molar-refractivity contribution in [2.24, 2.45) is 0 Å². The Morgan fingerprint density at radius 3 is 2.95 bits per heavy atom. The number of hydrogen-bond acceptors (Lipinski definition) is 4. The highest BCUT2D eigenvalue weighted by Crippen LogP contribution is 2.11. The molecule has 0 bridgehead atoms. The zero-order chi connectivity index (χ0) is 14.5. The largest absolute Gasteiger partial charge is 0.376 e. The van der Waals surface area contributed by atoms with E-state index in [0.717, 1.165) is 13.1 Å². The zero-order valence-electron chi connectivity index (χ0n) is 11.9. The number of Topliss-reactive ketones (excluding diaryl/α,β-unsaturated/α-hetero) is 1. The number of rotatable bonds is 4. The van der Waals surface area contributed by atoms with E-state index >= 15 is 0 Å². The standard InChI is InChI=1S/C15H20N2O3/c1-11-9-17(6-7-20-11)10-15(19)16-14-5-3-4-13(8-14)12(2)18/h3-5,8,11H,6-7,9-10H2,1-2H3,(H,16,19). The number of carbonyl (C=O) groups excluding carboxylic acids is 2. The first-order valence-corrected chi connectivity index (χ1v) is 6.79. The molecule has 1 atom stereocenters. The predicted octanol–water partition coefficient (Wildman–Crippen LogP) is 1.55.